The number of hydrazone groups is 1. The van der Waals surface area contributed by atoms with Crippen LogP contribution < -0.4 is 26.7 Å². The Hall–Kier alpha value is -4.78. The van der Waals surface area contributed by atoms with E-state index in [1.54, 1.807) is 18.2 Å². The number of nitrogens with two attached hydrogens (primary N) is 2. The molecule has 0 unspecified atom stereocenters. The topological polar surface area (TPSA) is 209 Å². The van der Waals surface area contributed by atoms with Gasteiger partial charge in [-0.2, -0.15) is 5.10 Å². The van der Waals surface area contributed by atoms with Gasteiger partial charge in [0.15, 0.2) is 5.78 Å². The summed E-state index contributed by atoms with van der Waals surface area (Å²) < 4.78 is 0. The van der Waals surface area contributed by atoms with E-state index >= 15 is 0 Å². The van der Waals surface area contributed by atoms with Crippen molar-refractivity contribution in [3.05, 3.63) is 60.2 Å². The minimum absolute atomic E-state index is 0.102. The number of aliphatic carboxylic acids is 2. The first-order chi connectivity index (χ1) is 16.9. The minimum Gasteiger partial charge on any atom is -0.481 e. The number of carboxylic acids is 2. The smallest absolute Gasteiger partial charge is 0.359 e. The molecule has 0 radical (unpaired) electrons. The molecule has 2 rings (SSSR count). The molecule has 7 N–H and O–H groups in total. The van der Waals surface area contributed by atoms with Crippen LogP contribution in [0.15, 0.2) is 59.7 Å². The first kappa shape index (κ1) is 27.5. The molecule has 0 aliphatic carbocycles. The van der Waals surface area contributed by atoms with Crippen LogP contribution in [0.1, 0.15) is 18.9 Å². The lowest BCUT2D eigenvalue weighted by Gasteiger charge is -2.40. The Morgan fingerprint density at radius 3 is 2.08 bits per heavy atom. The number of anilines is 2. The van der Waals surface area contributed by atoms with Gasteiger partial charge in [-0.15, -0.1) is 0 Å². The molecule has 2 atom stereocenters. The number of rotatable bonds is 10. The fourth-order valence-electron chi connectivity index (χ4n) is 3.33. The normalized spacial score (nSPS) is 13.3. The standard InChI is InChI=1S/C23H26N6O7/c1-14(30)23(21(34)35,27-22(36)28(2)16-10-8-15(9-11-16)13-26-25)29(17-6-4-3-5-7-17)20(33)18(24)12-19(31)32/h3-11,13,18H,12,24-25H2,1-2H3,(H,27,36)(H,31,32)(H,34,35)/t18-,23-/m0/s1. The lowest BCUT2D eigenvalue weighted by Crippen LogP contribution is -2.74. The summed E-state index contributed by atoms with van der Waals surface area (Å²) >= 11 is 0. The molecule has 2 aromatic rings. The van der Waals surface area contributed by atoms with E-state index < -0.39 is 47.8 Å². The largest absolute Gasteiger partial charge is 0.481 e. The predicted molar refractivity (Wildman–Crippen MR) is 130 cm³/mol. The van der Waals surface area contributed by atoms with E-state index in [1.807, 2.05) is 0 Å². The van der Waals surface area contributed by atoms with Gasteiger partial charge in [0.1, 0.15) is 0 Å². The van der Waals surface area contributed by atoms with Crippen LogP contribution in [0, 0.1) is 0 Å². The Kier molecular flexibility index (Phi) is 8.83. The summed E-state index contributed by atoms with van der Waals surface area (Å²) in [7, 11) is 1.32. The van der Waals surface area contributed by atoms with Gasteiger partial charge in [-0.1, -0.05) is 30.3 Å². The number of carbonyl (C=O) groups is 5. The Labute approximate surface area is 206 Å². The van der Waals surface area contributed by atoms with Gasteiger partial charge >= 0.3 is 18.0 Å². The number of ketones is 1. The van der Waals surface area contributed by atoms with Crippen LogP contribution in [0.2, 0.25) is 0 Å². The molecule has 0 spiro atoms. The van der Waals surface area contributed by atoms with Crippen molar-refractivity contribution in [3.63, 3.8) is 0 Å². The third-order valence-electron chi connectivity index (χ3n) is 5.20. The third-order valence-corrected chi connectivity index (χ3v) is 5.20. The van der Waals surface area contributed by atoms with Crippen molar-refractivity contribution in [2.75, 3.05) is 16.8 Å². The van der Waals surface area contributed by atoms with E-state index in [-0.39, 0.29) is 5.69 Å². The molecule has 0 aromatic heterocycles. The molecule has 13 heteroatoms. The Morgan fingerprint density at radius 1 is 1.03 bits per heavy atom. The fourth-order valence-corrected chi connectivity index (χ4v) is 3.33. The van der Waals surface area contributed by atoms with E-state index in [4.69, 9.17) is 16.7 Å². The summed E-state index contributed by atoms with van der Waals surface area (Å²) in [6.45, 7) is 0.876. The fraction of sp³-hybridized carbons (Fsp3) is 0.217. The monoisotopic (exact) mass is 498 g/mol. The minimum atomic E-state index is -2.95. The second kappa shape index (κ2) is 11.6. The number of carbonyl (C=O) groups excluding carboxylic acids is 3. The number of benzene rings is 2. The zero-order valence-corrected chi connectivity index (χ0v) is 19.5. The first-order valence-corrected chi connectivity index (χ1v) is 10.5. The zero-order chi connectivity index (χ0) is 27.0. The van der Waals surface area contributed by atoms with Crippen LogP contribution in [-0.4, -0.2) is 64.8 Å². The average Bonchev–Trinajstić information content (AvgIpc) is 2.83. The van der Waals surface area contributed by atoms with Gasteiger partial charge in [0.25, 0.3) is 5.66 Å². The van der Waals surface area contributed by atoms with Crippen molar-refractivity contribution in [2.45, 2.75) is 25.0 Å². The van der Waals surface area contributed by atoms with Crippen molar-refractivity contribution in [1.82, 2.24) is 5.32 Å². The molecule has 190 valence electrons. The Balaban J connectivity index is 2.59. The molecule has 0 fully saturated rings. The number of hydrogen-bond acceptors (Lipinski definition) is 8. The van der Waals surface area contributed by atoms with Crippen LogP contribution in [0.25, 0.3) is 0 Å². The molecule has 0 saturated heterocycles. The molecule has 0 aliphatic rings. The Morgan fingerprint density at radius 2 is 1.61 bits per heavy atom. The van der Waals surface area contributed by atoms with Gasteiger partial charge < -0.3 is 21.8 Å². The molecule has 3 amide bonds. The van der Waals surface area contributed by atoms with E-state index in [2.05, 4.69) is 10.4 Å². The number of urea groups is 1. The first-order valence-electron chi connectivity index (χ1n) is 10.5. The molecule has 0 saturated carbocycles. The molecule has 0 heterocycles. The highest BCUT2D eigenvalue weighted by Gasteiger charge is 2.55. The lowest BCUT2D eigenvalue weighted by atomic mass is 9.99. The van der Waals surface area contributed by atoms with Crippen molar-refractivity contribution in [3.8, 4) is 0 Å². The van der Waals surface area contributed by atoms with Gasteiger partial charge in [-0.25, -0.2) is 9.59 Å². The van der Waals surface area contributed by atoms with Gasteiger partial charge in [0.05, 0.1) is 18.7 Å². The average molecular weight is 498 g/mol. The van der Waals surface area contributed by atoms with Crippen molar-refractivity contribution in [1.29, 1.82) is 0 Å². The Bertz CT molecular complexity index is 1150. The van der Waals surface area contributed by atoms with Crippen molar-refractivity contribution < 1.29 is 34.2 Å². The molecular weight excluding hydrogens is 472 g/mol. The number of nitrogens with one attached hydrogen (secondary N) is 1. The maximum Gasteiger partial charge on any atom is 0.359 e. The number of hydrogen-bond donors (Lipinski definition) is 5. The second-order valence-corrected chi connectivity index (χ2v) is 7.64. The summed E-state index contributed by atoms with van der Waals surface area (Å²) in [4.78, 5) is 64.6. The van der Waals surface area contributed by atoms with Crippen molar-refractivity contribution >= 4 is 47.2 Å². The molecule has 0 aliphatic heterocycles. The second-order valence-electron chi connectivity index (χ2n) is 7.64. The summed E-state index contributed by atoms with van der Waals surface area (Å²) in [5, 5.41) is 24.8. The maximum absolute atomic E-state index is 13.3. The zero-order valence-electron chi connectivity index (χ0n) is 19.5. The summed E-state index contributed by atoms with van der Waals surface area (Å²) in [5.41, 5.74) is 3.64. The van der Waals surface area contributed by atoms with E-state index in [0.29, 0.717) is 16.2 Å². The van der Waals surface area contributed by atoms with Crippen LogP contribution in [0.4, 0.5) is 16.2 Å². The quantitative estimate of drug-likeness (QED) is 0.100. The van der Waals surface area contributed by atoms with E-state index in [1.165, 1.54) is 49.7 Å². The molecular formula is C23H26N6O7. The third kappa shape index (κ3) is 5.82. The number of Topliss-reactive ketones (excluding diaryl/α,β-unsaturated/α-hetero) is 1. The summed E-state index contributed by atoms with van der Waals surface area (Å²) in [6.07, 6.45) is 0.529. The van der Waals surface area contributed by atoms with Crippen molar-refractivity contribution in [2.24, 2.45) is 16.7 Å². The lowest BCUT2D eigenvalue weighted by molar-refractivity contribution is -0.151. The molecule has 2 aromatic carbocycles. The number of amides is 3. The van der Waals surface area contributed by atoms with E-state index in [0.717, 1.165) is 11.8 Å². The number of para-hydroxylation sites is 1. The SMILES string of the molecule is CC(=O)[C@@](NC(=O)N(C)c1ccc(C=NN)cc1)(C(=O)O)N(C(=O)[C@@H](N)CC(=O)O)c1ccccc1. The maximum atomic E-state index is 13.3. The van der Waals surface area contributed by atoms with Gasteiger partial charge in [0.2, 0.25) is 5.91 Å². The highest BCUT2D eigenvalue weighted by Crippen LogP contribution is 2.26. The number of nitrogens with zero attached hydrogens (tertiary/aromatic N) is 3. The molecule has 13 nitrogen and oxygen atoms in total. The summed E-state index contributed by atoms with van der Waals surface area (Å²) in [5.74, 6) is -0.518. The van der Waals surface area contributed by atoms with E-state index in [9.17, 15) is 29.1 Å². The van der Waals surface area contributed by atoms with Crippen LogP contribution >= 0.6 is 0 Å². The predicted octanol–water partition coefficient (Wildman–Crippen LogP) is 0.330. The van der Waals surface area contributed by atoms with Crippen LogP contribution in [-0.2, 0) is 19.2 Å². The van der Waals surface area contributed by atoms with Gasteiger partial charge in [-0.05, 0) is 36.8 Å². The van der Waals surface area contributed by atoms with Crippen LogP contribution in [0.5, 0.6) is 0 Å². The molecule has 0 bridgehead atoms. The highest BCUT2D eigenvalue weighted by molar-refractivity contribution is 6.19. The number of carboxylic acid groups (broad SMARTS) is 2. The van der Waals surface area contributed by atoms with Gasteiger partial charge in [-0.3, -0.25) is 29.5 Å². The molecule has 36 heavy (non-hydrogen) atoms. The van der Waals surface area contributed by atoms with Gasteiger partial charge in [0, 0.05) is 18.4 Å². The highest BCUT2D eigenvalue weighted by atomic mass is 16.4. The summed E-state index contributed by atoms with van der Waals surface area (Å²) in [6, 6.07) is 10.6. The van der Waals surface area contributed by atoms with Crippen LogP contribution in [0.3, 0.4) is 0 Å².